The van der Waals surface area contributed by atoms with Crippen molar-refractivity contribution in [2.45, 2.75) is 37.5 Å². The van der Waals surface area contributed by atoms with Gasteiger partial charge < -0.3 is 10.2 Å². The fourth-order valence-corrected chi connectivity index (χ4v) is 3.37. The Morgan fingerprint density at radius 3 is 2.64 bits per heavy atom. The van der Waals surface area contributed by atoms with E-state index in [1.54, 1.807) is 0 Å². The molecule has 0 atom stereocenters. The van der Waals surface area contributed by atoms with Crippen LogP contribution in [0, 0.1) is 5.92 Å². The highest BCUT2D eigenvalue weighted by Gasteiger charge is 2.30. The van der Waals surface area contributed by atoms with Crippen LogP contribution in [0.1, 0.15) is 59.4 Å². The van der Waals surface area contributed by atoms with Gasteiger partial charge in [0.15, 0.2) is 5.82 Å². The third kappa shape index (κ3) is 3.10. The fraction of sp³-hybridized carbons (Fsp3) is 0.556. The third-order valence-electron chi connectivity index (χ3n) is 5.35. The zero-order valence-corrected chi connectivity index (χ0v) is 14.1. The lowest BCUT2D eigenvalue weighted by Crippen LogP contribution is -2.52. The zero-order valence-electron chi connectivity index (χ0n) is 14.1. The number of rotatable bonds is 6. The van der Waals surface area contributed by atoms with Crippen LogP contribution < -0.4 is 10.2 Å². The van der Waals surface area contributed by atoms with E-state index in [9.17, 15) is 4.79 Å². The van der Waals surface area contributed by atoms with E-state index in [0.29, 0.717) is 30.0 Å². The van der Waals surface area contributed by atoms with E-state index >= 15 is 0 Å². The van der Waals surface area contributed by atoms with Gasteiger partial charge in [0, 0.05) is 43.1 Å². The third-order valence-corrected chi connectivity index (χ3v) is 5.35. The van der Waals surface area contributed by atoms with Gasteiger partial charge in [-0.3, -0.25) is 9.89 Å². The number of nitrogens with zero attached hydrogens (tertiary/aromatic N) is 4. The number of carbonyl (C=O) groups is 1. The minimum Gasteiger partial charge on any atom is -0.354 e. The molecule has 7 nitrogen and oxygen atoms in total. The Balaban J connectivity index is 1.09. The first-order valence-electron chi connectivity index (χ1n) is 9.18. The Morgan fingerprint density at radius 1 is 1.16 bits per heavy atom. The lowest BCUT2D eigenvalue weighted by Gasteiger charge is -2.39. The molecule has 2 aromatic rings. The molecule has 1 amide bonds. The lowest BCUT2D eigenvalue weighted by atomic mass is 10.00. The topological polar surface area (TPSA) is 86.8 Å². The summed E-state index contributed by atoms with van der Waals surface area (Å²) in [5.41, 5.74) is 2.71. The predicted octanol–water partition coefficient (Wildman–Crippen LogP) is 1.82. The van der Waals surface area contributed by atoms with Crippen LogP contribution in [0.2, 0.25) is 0 Å². The van der Waals surface area contributed by atoms with Crippen LogP contribution in [0.25, 0.3) is 0 Å². The highest BCUT2D eigenvalue weighted by molar-refractivity contribution is 5.92. The summed E-state index contributed by atoms with van der Waals surface area (Å²) in [6.45, 7) is 2.49. The number of hydrogen-bond donors (Lipinski definition) is 2. The summed E-state index contributed by atoms with van der Waals surface area (Å²) in [4.78, 5) is 14.4. The number of carbonyl (C=O) groups excluding carboxylic acids is 1. The molecule has 0 radical (unpaired) electrons. The largest absolute Gasteiger partial charge is 0.354 e. The van der Waals surface area contributed by atoms with Crippen LogP contribution in [0.3, 0.4) is 0 Å². The Hall–Kier alpha value is -2.44. The van der Waals surface area contributed by atoms with Gasteiger partial charge in [0.25, 0.3) is 5.91 Å². The van der Waals surface area contributed by atoms with E-state index in [0.717, 1.165) is 30.3 Å². The van der Waals surface area contributed by atoms with Crippen molar-refractivity contribution < 1.29 is 4.79 Å². The monoisotopic (exact) mass is 338 g/mol. The van der Waals surface area contributed by atoms with Crippen molar-refractivity contribution in [1.29, 1.82) is 0 Å². The first-order valence-corrected chi connectivity index (χ1v) is 9.18. The molecule has 0 bridgehead atoms. The second-order valence-corrected chi connectivity index (χ2v) is 7.55. The standard InChI is InChI=1S/C18H22N6O/c25-18(16-7-15(21-22-16)13-3-4-13)19-8-11-9-24(10-11)17-6-5-14(20-23-17)12-1-2-12/h5-7,11-13H,1-4,8-10H2,(H,19,25)(H,21,22). The van der Waals surface area contributed by atoms with Gasteiger partial charge in [-0.2, -0.15) is 10.2 Å². The first-order chi connectivity index (χ1) is 12.3. The molecule has 130 valence electrons. The Morgan fingerprint density at radius 2 is 1.96 bits per heavy atom. The Kier molecular flexibility index (Phi) is 3.46. The summed E-state index contributed by atoms with van der Waals surface area (Å²) < 4.78 is 0. The van der Waals surface area contributed by atoms with Gasteiger partial charge in [-0.25, -0.2) is 0 Å². The van der Waals surface area contributed by atoms with E-state index in [-0.39, 0.29) is 5.91 Å². The van der Waals surface area contributed by atoms with Gasteiger partial charge in [0.2, 0.25) is 0 Å². The first kappa shape index (κ1) is 14.9. The molecule has 1 saturated heterocycles. The van der Waals surface area contributed by atoms with Crippen molar-refractivity contribution in [2.24, 2.45) is 5.92 Å². The van der Waals surface area contributed by atoms with Gasteiger partial charge >= 0.3 is 0 Å². The van der Waals surface area contributed by atoms with Gasteiger partial charge in [-0.05, 0) is 43.9 Å². The highest BCUT2D eigenvalue weighted by Crippen LogP contribution is 2.39. The van der Waals surface area contributed by atoms with E-state index in [4.69, 9.17) is 0 Å². The van der Waals surface area contributed by atoms with Crippen LogP contribution in [-0.4, -0.2) is 45.9 Å². The fourth-order valence-electron chi connectivity index (χ4n) is 3.37. The summed E-state index contributed by atoms with van der Waals surface area (Å²) in [5, 5.41) is 18.8. The number of amides is 1. The SMILES string of the molecule is O=C(NCC1CN(c2ccc(C3CC3)nn2)C1)c1cc(C2CC2)[nH]n1. The van der Waals surface area contributed by atoms with Crippen LogP contribution >= 0.6 is 0 Å². The number of H-pyrrole nitrogens is 1. The summed E-state index contributed by atoms with van der Waals surface area (Å²) in [5.74, 6) is 2.53. The van der Waals surface area contributed by atoms with E-state index in [1.807, 2.05) is 6.07 Å². The summed E-state index contributed by atoms with van der Waals surface area (Å²) in [6.07, 6.45) is 4.90. The molecule has 0 unspecified atom stereocenters. The van der Waals surface area contributed by atoms with Gasteiger partial charge in [-0.15, -0.1) is 5.10 Å². The Labute approximate surface area is 146 Å². The van der Waals surface area contributed by atoms with Crippen LogP contribution in [0.15, 0.2) is 18.2 Å². The van der Waals surface area contributed by atoms with Crippen LogP contribution in [0.4, 0.5) is 5.82 Å². The van der Waals surface area contributed by atoms with Crippen molar-refractivity contribution in [3.63, 3.8) is 0 Å². The quantitative estimate of drug-likeness (QED) is 0.839. The normalized spacial score (nSPS) is 20.4. The van der Waals surface area contributed by atoms with Gasteiger partial charge in [0.1, 0.15) is 5.69 Å². The smallest absolute Gasteiger partial charge is 0.271 e. The molecule has 2 aromatic heterocycles. The molecule has 2 aliphatic carbocycles. The van der Waals surface area contributed by atoms with Crippen molar-refractivity contribution in [3.8, 4) is 0 Å². The van der Waals surface area contributed by atoms with Crippen molar-refractivity contribution in [3.05, 3.63) is 35.3 Å². The number of nitrogens with one attached hydrogen (secondary N) is 2. The summed E-state index contributed by atoms with van der Waals surface area (Å²) >= 11 is 0. The number of anilines is 1. The molecule has 7 heteroatoms. The molecule has 0 aromatic carbocycles. The maximum absolute atomic E-state index is 12.2. The minimum atomic E-state index is -0.0878. The molecule has 3 fully saturated rings. The maximum Gasteiger partial charge on any atom is 0.271 e. The average Bonchev–Trinajstić information content (AvgIpc) is 3.52. The van der Waals surface area contributed by atoms with Crippen molar-refractivity contribution >= 4 is 11.7 Å². The molecule has 0 spiro atoms. The Bertz CT molecular complexity index is 771. The molecular formula is C18H22N6O. The van der Waals surface area contributed by atoms with E-state index in [1.165, 1.54) is 25.7 Å². The molecule has 3 heterocycles. The molecule has 2 N–H and O–H groups in total. The van der Waals surface area contributed by atoms with Crippen LogP contribution in [-0.2, 0) is 0 Å². The number of hydrogen-bond acceptors (Lipinski definition) is 5. The summed E-state index contributed by atoms with van der Waals surface area (Å²) in [7, 11) is 0. The summed E-state index contributed by atoms with van der Waals surface area (Å²) in [6, 6.07) is 6.06. The molecular weight excluding hydrogens is 316 g/mol. The molecule has 1 aliphatic heterocycles. The second kappa shape index (κ2) is 5.82. The number of aromatic amines is 1. The van der Waals surface area contributed by atoms with Crippen molar-refractivity contribution in [2.75, 3.05) is 24.5 Å². The molecule has 5 rings (SSSR count). The van der Waals surface area contributed by atoms with Crippen molar-refractivity contribution in [1.82, 2.24) is 25.7 Å². The predicted molar refractivity (Wildman–Crippen MR) is 92.6 cm³/mol. The van der Waals surface area contributed by atoms with Gasteiger partial charge in [-0.1, -0.05) is 0 Å². The van der Waals surface area contributed by atoms with Gasteiger partial charge in [0.05, 0.1) is 5.69 Å². The molecule has 25 heavy (non-hydrogen) atoms. The van der Waals surface area contributed by atoms with E-state index in [2.05, 4.69) is 42.7 Å². The van der Waals surface area contributed by atoms with Crippen LogP contribution in [0.5, 0.6) is 0 Å². The zero-order chi connectivity index (χ0) is 16.8. The minimum absolute atomic E-state index is 0.0878. The maximum atomic E-state index is 12.2. The molecule has 3 aliphatic rings. The second-order valence-electron chi connectivity index (χ2n) is 7.55. The lowest BCUT2D eigenvalue weighted by molar-refractivity contribution is 0.0939. The molecule has 2 saturated carbocycles. The van der Waals surface area contributed by atoms with E-state index < -0.39 is 0 Å². The number of aromatic nitrogens is 4. The highest BCUT2D eigenvalue weighted by atomic mass is 16.1. The average molecular weight is 338 g/mol.